The van der Waals surface area contributed by atoms with E-state index < -0.39 is 0 Å². The minimum atomic E-state index is -0.235. The van der Waals surface area contributed by atoms with Crippen molar-refractivity contribution in [3.63, 3.8) is 0 Å². The van der Waals surface area contributed by atoms with Gasteiger partial charge in [0.05, 0.1) is 21.1 Å². The lowest BCUT2D eigenvalue weighted by atomic mass is 9.93. The molecule has 2 atom stereocenters. The molecule has 104 valence electrons. The van der Waals surface area contributed by atoms with Gasteiger partial charge in [-0.15, -0.1) is 0 Å². The molecule has 0 unspecified atom stereocenters. The number of benzene rings is 1. The molecule has 2 rings (SSSR count). The average molecular weight is 456 g/mol. The molecule has 0 heterocycles. The van der Waals surface area contributed by atoms with Crippen molar-refractivity contribution < 1.29 is 10.2 Å². The molecule has 0 aromatic heterocycles. The quantitative estimate of drug-likeness (QED) is 0.649. The van der Waals surface area contributed by atoms with Crippen molar-refractivity contribution in [2.45, 2.75) is 37.8 Å². The van der Waals surface area contributed by atoms with Gasteiger partial charge in [-0.25, -0.2) is 0 Å². The van der Waals surface area contributed by atoms with Crippen LogP contribution in [0.4, 0.5) is 0 Å². The van der Waals surface area contributed by atoms with Crippen LogP contribution in [0.15, 0.2) is 24.5 Å². The van der Waals surface area contributed by atoms with E-state index in [1.54, 1.807) is 12.3 Å². The van der Waals surface area contributed by atoms with Gasteiger partial charge in [0.25, 0.3) is 0 Å². The molecule has 6 heteroatoms. The molecular formula is C13H14Br3NO2. The maximum absolute atomic E-state index is 9.87. The zero-order valence-electron chi connectivity index (χ0n) is 10.1. The molecular weight excluding hydrogens is 442 g/mol. The van der Waals surface area contributed by atoms with E-state index in [9.17, 15) is 10.2 Å². The van der Waals surface area contributed by atoms with E-state index in [0.29, 0.717) is 15.4 Å². The molecule has 19 heavy (non-hydrogen) atoms. The molecule has 1 aliphatic carbocycles. The first-order valence-corrected chi connectivity index (χ1v) is 8.44. The van der Waals surface area contributed by atoms with Crippen LogP contribution in [0, 0.1) is 0 Å². The second-order valence-electron chi connectivity index (χ2n) is 4.67. The molecule has 1 saturated carbocycles. The first-order chi connectivity index (χ1) is 8.99. The van der Waals surface area contributed by atoms with Gasteiger partial charge in [0.2, 0.25) is 0 Å². The van der Waals surface area contributed by atoms with Gasteiger partial charge in [-0.05, 0) is 63.6 Å². The molecule has 0 saturated heterocycles. The highest BCUT2D eigenvalue weighted by molar-refractivity contribution is 9.11. The monoisotopic (exact) mass is 453 g/mol. The van der Waals surface area contributed by atoms with Crippen molar-refractivity contribution in [1.82, 2.24) is 0 Å². The van der Waals surface area contributed by atoms with Crippen LogP contribution in [0.2, 0.25) is 0 Å². The normalized spacial score (nSPS) is 24.0. The van der Waals surface area contributed by atoms with Crippen molar-refractivity contribution in [1.29, 1.82) is 0 Å². The number of phenols is 1. The highest BCUT2D eigenvalue weighted by atomic mass is 79.9. The van der Waals surface area contributed by atoms with Gasteiger partial charge in [0, 0.05) is 16.3 Å². The topological polar surface area (TPSA) is 52.8 Å². The molecule has 1 aromatic carbocycles. The molecule has 0 amide bonds. The van der Waals surface area contributed by atoms with Gasteiger partial charge < -0.3 is 10.2 Å². The number of halogens is 3. The number of phenolic OH excluding ortho intramolecular Hbond substituents is 1. The predicted molar refractivity (Wildman–Crippen MR) is 87.1 cm³/mol. The summed E-state index contributed by atoms with van der Waals surface area (Å²) in [5.74, 6) is 0.160. The maximum atomic E-state index is 9.87. The van der Waals surface area contributed by atoms with Crippen LogP contribution in [-0.2, 0) is 0 Å². The largest absolute Gasteiger partial charge is 0.506 e. The van der Waals surface area contributed by atoms with Crippen LogP contribution in [0.1, 0.15) is 31.2 Å². The van der Waals surface area contributed by atoms with Crippen LogP contribution in [0.5, 0.6) is 5.75 Å². The lowest BCUT2D eigenvalue weighted by Crippen LogP contribution is -2.22. The summed E-state index contributed by atoms with van der Waals surface area (Å²) in [4.78, 5) is 4.52. The van der Waals surface area contributed by atoms with Crippen LogP contribution >= 0.6 is 47.8 Å². The van der Waals surface area contributed by atoms with Crippen LogP contribution in [-0.4, -0.2) is 28.6 Å². The Morgan fingerprint density at radius 1 is 1.21 bits per heavy atom. The molecule has 1 aromatic rings. The Morgan fingerprint density at radius 3 is 2.63 bits per heavy atom. The van der Waals surface area contributed by atoms with E-state index in [0.717, 1.165) is 29.3 Å². The van der Waals surface area contributed by atoms with Gasteiger partial charge in [-0.3, -0.25) is 4.99 Å². The molecule has 0 aliphatic heterocycles. The fourth-order valence-electron chi connectivity index (χ4n) is 2.17. The number of rotatable bonds is 2. The van der Waals surface area contributed by atoms with Gasteiger partial charge in [-0.1, -0.05) is 15.9 Å². The summed E-state index contributed by atoms with van der Waals surface area (Å²) in [5.41, 5.74) is 0.806. The number of nitrogens with zero attached hydrogens (tertiary/aromatic N) is 1. The molecule has 2 N–H and O–H groups in total. The third-order valence-corrected chi connectivity index (χ3v) is 5.28. The van der Waals surface area contributed by atoms with Gasteiger partial charge >= 0.3 is 0 Å². The number of aliphatic hydroxyl groups excluding tert-OH is 1. The lowest BCUT2D eigenvalue weighted by Gasteiger charge is -2.22. The molecule has 0 radical (unpaired) electrons. The minimum Gasteiger partial charge on any atom is -0.506 e. The zero-order valence-corrected chi connectivity index (χ0v) is 14.9. The summed E-state index contributed by atoms with van der Waals surface area (Å²) in [7, 11) is 0. The molecule has 3 nitrogen and oxygen atoms in total. The highest BCUT2D eigenvalue weighted by Gasteiger charge is 2.19. The van der Waals surface area contributed by atoms with E-state index in [2.05, 4.69) is 52.8 Å². The summed E-state index contributed by atoms with van der Waals surface area (Å²) in [6, 6.07) is 1.95. The average Bonchev–Trinajstić information content (AvgIpc) is 2.36. The van der Waals surface area contributed by atoms with E-state index in [4.69, 9.17) is 0 Å². The first kappa shape index (κ1) is 15.5. The molecule has 0 bridgehead atoms. The number of hydrogen-bond donors (Lipinski definition) is 2. The third-order valence-electron chi connectivity index (χ3n) is 3.21. The second-order valence-corrected chi connectivity index (χ2v) is 7.17. The summed E-state index contributed by atoms with van der Waals surface area (Å²) in [6.07, 6.45) is 5.12. The highest BCUT2D eigenvalue weighted by Crippen LogP contribution is 2.38. The minimum absolute atomic E-state index is 0.160. The fourth-order valence-corrected chi connectivity index (χ4v) is 4.49. The first-order valence-electron chi connectivity index (χ1n) is 6.06. The van der Waals surface area contributed by atoms with Crippen molar-refractivity contribution in [3.8, 4) is 5.75 Å². The fraction of sp³-hybridized carbons (Fsp3) is 0.462. The predicted octanol–water partition coefficient (Wildman–Crippen LogP) is 4.40. The standard InChI is InChI=1S/C13H14Br3NO2/c14-10-5-11(15)13(19)12(16)9(10)6-17-7-2-1-3-8(18)4-7/h5-8,18-19H,1-4H2/t7-,8+/m1/s1. The molecule has 1 fully saturated rings. The smallest absolute Gasteiger partial charge is 0.144 e. The maximum Gasteiger partial charge on any atom is 0.144 e. The number of aliphatic imine (C=N–C) groups is 1. The molecule has 1 aliphatic rings. The Labute approximate surface area is 137 Å². The Kier molecular flexibility index (Phi) is 5.45. The van der Waals surface area contributed by atoms with Crippen molar-refractivity contribution in [2.75, 3.05) is 0 Å². The van der Waals surface area contributed by atoms with Gasteiger partial charge in [0.1, 0.15) is 5.75 Å². The molecule has 0 spiro atoms. The summed E-state index contributed by atoms with van der Waals surface area (Å²) in [6.45, 7) is 0. The van der Waals surface area contributed by atoms with E-state index in [1.165, 1.54) is 0 Å². The zero-order chi connectivity index (χ0) is 14.0. The SMILES string of the molecule is Oc1c(Br)cc(Br)c(C=N[C@@H]2CCC[C@H](O)C2)c1Br. The Balaban J connectivity index is 2.21. The number of aromatic hydroxyl groups is 1. The second kappa shape index (κ2) is 6.70. The van der Waals surface area contributed by atoms with Crippen LogP contribution in [0.3, 0.4) is 0 Å². The summed E-state index contributed by atoms with van der Waals surface area (Å²) >= 11 is 10.1. The Bertz CT molecular complexity index is 505. The lowest BCUT2D eigenvalue weighted by molar-refractivity contribution is 0.121. The van der Waals surface area contributed by atoms with Crippen molar-refractivity contribution in [2.24, 2.45) is 4.99 Å². The Hall–Kier alpha value is 0.0900. The van der Waals surface area contributed by atoms with E-state index in [1.807, 2.05) is 0 Å². The van der Waals surface area contributed by atoms with Gasteiger partial charge in [0.15, 0.2) is 0 Å². The van der Waals surface area contributed by atoms with Crippen molar-refractivity contribution in [3.05, 3.63) is 25.0 Å². The third kappa shape index (κ3) is 3.80. The number of aliphatic hydroxyl groups is 1. The summed E-state index contributed by atoms with van der Waals surface area (Å²) in [5, 5.41) is 19.5. The van der Waals surface area contributed by atoms with Crippen molar-refractivity contribution >= 4 is 54.0 Å². The van der Waals surface area contributed by atoms with E-state index >= 15 is 0 Å². The van der Waals surface area contributed by atoms with Crippen LogP contribution < -0.4 is 0 Å². The Morgan fingerprint density at radius 2 is 1.95 bits per heavy atom. The summed E-state index contributed by atoms with van der Waals surface area (Å²) < 4.78 is 2.08. The van der Waals surface area contributed by atoms with Crippen LogP contribution in [0.25, 0.3) is 0 Å². The number of hydrogen-bond acceptors (Lipinski definition) is 3. The van der Waals surface area contributed by atoms with E-state index in [-0.39, 0.29) is 17.9 Å². The van der Waals surface area contributed by atoms with Gasteiger partial charge in [-0.2, -0.15) is 0 Å².